The molecule has 0 saturated heterocycles. The number of rotatable bonds is 2. The topological polar surface area (TPSA) is 64.9 Å². The maximum absolute atomic E-state index is 6.28. The monoisotopic (exact) mass is 339 g/mol. The Kier molecular flexibility index (Phi) is 3.65. The highest BCUT2D eigenvalue weighted by molar-refractivity contribution is 7.15. The Balaban J connectivity index is 2.24. The molecule has 0 radical (unpaired) electrons. The van der Waals surface area contributed by atoms with Crippen LogP contribution in [0.3, 0.4) is 0 Å². The fourth-order valence-corrected chi connectivity index (χ4v) is 3.56. The molecule has 3 aromatic rings. The third-order valence-electron chi connectivity index (χ3n) is 3.03. The molecule has 2 heterocycles. The van der Waals surface area contributed by atoms with Crippen LogP contribution in [0.1, 0.15) is 10.7 Å². The zero-order valence-corrected chi connectivity index (χ0v) is 13.6. The molecule has 0 atom stereocenters. The molecule has 0 spiro atoms. The van der Waals surface area contributed by atoms with Gasteiger partial charge in [0.15, 0.2) is 11.6 Å². The van der Waals surface area contributed by atoms with Crippen LogP contribution in [-0.4, -0.2) is 10.1 Å². The zero-order valence-electron chi connectivity index (χ0n) is 11.3. The smallest absolute Gasteiger partial charge is 0.188 e. The second-order valence-electron chi connectivity index (χ2n) is 4.54. The molecule has 2 N–H and O–H groups in total. The number of thiazole rings is 1. The van der Waals surface area contributed by atoms with E-state index in [0.29, 0.717) is 27.2 Å². The lowest BCUT2D eigenvalue weighted by Gasteiger charge is -2.05. The maximum Gasteiger partial charge on any atom is 0.188 e. The first-order valence-electron chi connectivity index (χ1n) is 6.12. The molecule has 0 aliphatic rings. The van der Waals surface area contributed by atoms with Gasteiger partial charge in [-0.1, -0.05) is 34.4 Å². The molecule has 108 valence electrons. The predicted octanol–water partition coefficient (Wildman–Crippen LogP) is 4.97. The number of hydrogen-bond acceptors (Lipinski definition) is 5. The number of nitrogens with two attached hydrogens (primary N) is 1. The van der Waals surface area contributed by atoms with Crippen molar-refractivity contribution in [2.45, 2.75) is 13.8 Å². The van der Waals surface area contributed by atoms with Crippen LogP contribution >= 0.6 is 34.5 Å². The van der Waals surface area contributed by atoms with Gasteiger partial charge < -0.3 is 10.3 Å². The molecule has 0 fully saturated rings. The highest BCUT2D eigenvalue weighted by Gasteiger charge is 2.23. The molecule has 3 rings (SSSR count). The number of aryl methyl sites for hydroxylation is 2. The summed E-state index contributed by atoms with van der Waals surface area (Å²) < 4.78 is 5.42. The Morgan fingerprint density at radius 3 is 2.62 bits per heavy atom. The molecule has 2 aromatic heterocycles. The molecule has 0 unspecified atom stereocenters. The van der Waals surface area contributed by atoms with Crippen molar-refractivity contribution in [1.29, 1.82) is 0 Å². The van der Waals surface area contributed by atoms with Gasteiger partial charge in [-0.15, -0.1) is 11.3 Å². The number of benzene rings is 1. The maximum atomic E-state index is 6.28. The summed E-state index contributed by atoms with van der Waals surface area (Å²) in [5.74, 6) is 0.875. The van der Waals surface area contributed by atoms with E-state index in [-0.39, 0.29) is 0 Å². The van der Waals surface area contributed by atoms with Crippen molar-refractivity contribution in [1.82, 2.24) is 10.1 Å². The van der Waals surface area contributed by atoms with Crippen LogP contribution < -0.4 is 5.73 Å². The zero-order chi connectivity index (χ0) is 15.1. The molecule has 4 nitrogen and oxygen atoms in total. The lowest BCUT2D eigenvalue weighted by molar-refractivity contribution is 0.436. The number of nitrogens with zero attached hydrogens (tertiary/aromatic N) is 2. The third kappa shape index (κ3) is 2.52. The minimum Gasteiger partial charge on any atom is -0.380 e. The molecule has 0 bridgehead atoms. The first kappa shape index (κ1) is 14.4. The number of nitrogen functional groups attached to an aromatic ring is 1. The van der Waals surface area contributed by atoms with Crippen LogP contribution in [0.4, 0.5) is 5.82 Å². The molecule has 21 heavy (non-hydrogen) atoms. The molecule has 0 aliphatic heterocycles. The van der Waals surface area contributed by atoms with E-state index in [1.165, 1.54) is 11.3 Å². The first-order valence-corrected chi connectivity index (χ1v) is 7.69. The van der Waals surface area contributed by atoms with Crippen LogP contribution in [0, 0.1) is 13.8 Å². The van der Waals surface area contributed by atoms with Crippen molar-refractivity contribution in [3.63, 3.8) is 0 Å². The van der Waals surface area contributed by atoms with Gasteiger partial charge in [0.1, 0.15) is 0 Å². The number of halogens is 2. The summed E-state index contributed by atoms with van der Waals surface area (Å²) in [6.07, 6.45) is 0. The van der Waals surface area contributed by atoms with Crippen molar-refractivity contribution >= 4 is 40.4 Å². The molecular formula is C14H11Cl2N3OS. The van der Waals surface area contributed by atoms with Crippen molar-refractivity contribution in [2.75, 3.05) is 5.73 Å². The largest absolute Gasteiger partial charge is 0.380 e. The fourth-order valence-electron chi connectivity index (χ4n) is 2.15. The third-order valence-corrected chi connectivity index (χ3v) is 4.65. The lowest BCUT2D eigenvalue weighted by atomic mass is 10.0. The van der Waals surface area contributed by atoms with Crippen LogP contribution in [0.15, 0.2) is 22.7 Å². The second-order valence-corrected chi connectivity index (χ2v) is 6.59. The fraction of sp³-hybridized carbons (Fsp3) is 0.143. The molecule has 7 heteroatoms. The standard InChI is InChI=1S/C14H11Cl2N3OS/c1-6-13(21-7(2)18-6)12-11(14(17)19-20-12)9-4-3-8(15)5-10(9)16/h3-5H,1-2H3,(H2,17,19). The number of anilines is 1. The quantitative estimate of drug-likeness (QED) is 0.715. The summed E-state index contributed by atoms with van der Waals surface area (Å²) in [7, 11) is 0. The SMILES string of the molecule is Cc1nc(C)c(-c2onc(N)c2-c2ccc(Cl)cc2Cl)s1. The van der Waals surface area contributed by atoms with E-state index in [1.807, 2.05) is 13.8 Å². The molecule has 1 aromatic carbocycles. The van der Waals surface area contributed by atoms with E-state index >= 15 is 0 Å². The first-order chi connectivity index (χ1) is 9.97. The summed E-state index contributed by atoms with van der Waals surface area (Å²) >= 11 is 13.7. The molecule has 0 aliphatic carbocycles. The van der Waals surface area contributed by atoms with Gasteiger partial charge in [-0.2, -0.15) is 0 Å². The van der Waals surface area contributed by atoms with Crippen molar-refractivity contribution < 1.29 is 4.52 Å². The highest BCUT2D eigenvalue weighted by Crippen LogP contribution is 2.43. The summed E-state index contributed by atoms with van der Waals surface area (Å²) in [6.45, 7) is 3.86. The number of hydrogen-bond donors (Lipinski definition) is 1. The van der Waals surface area contributed by atoms with Gasteiger partial charge in [0.2, 0.25) is 0 Å². The summed E-state index contributed by atoms with van der Waals surface area (Å²) in [4.78, 5) is 5.30. The van der Waals surface area contributed by atoms with Crippen LogP contribution in [-0.2, 0) is 0 Å². The lowest BCUT2D eigenvalue weighted by Crippen LogP contribution is -1.89. The van der Waals surface area contributed by atoms with Crippen LogP contribution in [0.25, 0.3) is 21.8 Å². The van der Waals surface area contributed by atoms with Crippen LogP contribution in [0.2, 0.25) is 10.0 Å². The predicted molar refractivity (Wildman–Crippen MR) is 87.0 cm³/mol. The summed E-state index contributed by atoms with van der Waals surface area (Å²) in [5.41, 5.74) is 8.24. The Morgan fingerprint density at radius 1 is 1.24 bits per heavy atom. The molecular weight excluding hydrogens is 329 g/mol. The van der Waals surface area contributed by atoms with Crippen molar-refractivity contribution in [3.8, 4) is 21.8 Å². The Labute approximate surface area is 135 Å². The minimum atomic E-state index is 0.291. The van der Waals surface area contributed by atoms with Crippen molar-refractivity contribution in [2.24, 2.45) is 0 Å². The highest BCUT2D eigenvalue weighted by atomic mass is 35.5. The van der Waals surface area contributed by atoms with E-state index < -0.39 is 0 Å². The van der Waals surface area contributed by atoms with Gasteiger partial charge in [-0.3, -0.25) is 0 Å². The minimum absolute atomic E-state index is 0.291. The van der Waals surface area contributed by atoms with Gasteiger partial charge in [-0.05, 0) is 26.0 Å². The second kappa shape index (κ2) is 5.33. The Morgan fingerprint density at radius 2 is 2.00 bits per heavy atom. The molecule has 0 amide bonds. The Hall–Kier alpha value is -1.56. The van der Waals surface area contributed by atoms with E-state index in [0.717, 1.165) is 21.1 Å². The van der Waals surface area contributed by atoms with Gasteiger partial charge in [0, 0.05) is 10.6 Å². The average Bonchev–Trinajstić information content (AvgIpc) is 2.93. The van der Waals surface area contributed by atoms with Gasteiger partial charge in [0.25, 0.3) is 0 Å². The van der Waals surface area contributed by atoms with E-state index in [2.05, 4.69) is 10.1 Å². The van der Waals surface area contributed by atoms with E-state index in [4.69, 9.17) is 33.5 Å². The van der Waals surface area contributed by atoms with Crippen molar-refractivity contribution in [3.05, 3.63) is 38.9 Å². The summed E-state index contributed by atoms with van der Waals surface area (Å²) in [5, 5.41) is 5.88. The Bertz CT molecular complexity index is 826. The molecule has 0 saturated carbocycles. The number of aromatic nitrogens is 2. The van der Waals surface area contributed by atoms with Crippen LogP contribution in [0.5, 0.6) is 0 Å². The normalized spacial score (nSPS) is 11.0. The van der Waals surface area contributed by atoms with Gasteiger partial charge in [-0.25, -0.2) is 4.98 Å². The van der Waals surface area contributed by atoms with E-state index in [1.54, 1.807) is 18.2 Å². The summed E-state index contributed by atoms with van der Waals surface area (Å²) in [6, 6.07) is 5.23. The van der Waals surface area contributed by atoms with Gasteiger partial charge in [0.05, 0.1) is 26.2 Å². The van der Waals surface area contributed by atoms with E-state index in [9.17, 15) is 0 Å². The average molecular weight is 340 g/mol. The van der Waals surface area contributed by atoms with Gasteiger partial charge >= 0.3 is 0 Å².